The van der Waals surface area contributed by atoms with Gasteiger partial charge in [-0.1, -0.05) is 48.5 Å². The molecule has 0 heterocycles. The van der Waals surface area contributed by atoms with Crippen molar-refractivity contribution >= 4 is 24.4 Å². The average molecular weight is 625 g/mol. The molecule has 0 saturated carbocycles. The molecule has 188 valence electrons. The molecule has 2 aromatic rings. The van der Waals surface area contributed by atoms with Crippen LogP contribution in [0.3, 0.4) is 0 Å². The Kier molecular flexibility index (Phi) is 11.5. The molecule has 0 amide bonds. The van der Waals surface area contributed by atoms with E-state index in [0.29, 0.717) is 12.1 Å². The van der Waals surface area contributed by atoms with Crippen LogP contribution in [0.25, 0.3) is 0 Å². The SMILES string of the molecule is [F-].[O-]C(c1[c]cccc1)(C(F)(F)F)C(F)(F)F.[O-]C(c1[c]cccc1)(C(F)(F)F)C(F)(F)F.[Sb+3]. The summed E-state index contributed by atoms with van der Waals surface area (Å²) in [5, 5.41) is 22.1. The number of hydrogen-bond donors (Lipinski definition) is 0. The van der Waals surface area contributed by atoms with Gasteiger partial charge >= 0.3 is 49.1 Å². The van der Waals surface area contributed by atoms with Crippen LogP contribution >= 0.6 is 0 Å². The van der Waals surface area contributed by atoms with Crippen molar-refractivity contribution in [1.82, 2.24) is 0 Å². The zero-order chi connectivity index (χ0) is 25.2. The molecule has 0 aromatic heterocycles. The summed E-state index contributed by atoms with van der Waals surface area (Å²) < 4.78 is 147. The molecule has 0 unspecified atom stereocenters. The standard InChI is InChI=1S/2C9H4F6O.FH.Sb/c2*10-8(11,12)7(16,9(13,14)15)6-4-2-1-3-5-6;;/h2*1-4H;1H;/q2*-1;;+3/p-1. The molecule has 0 bridgehead atoms. The minimum Gasteiger partial charge on any atom is -1.00 e. The molecule has 2 nitrogen and oxygen atoms in total. The third-order valence-electron chi connectivity index (χ3n) is 3.77. The molecule has 0 saturated heterocycles. The Bertz CT molecular complexity index is 758. The van der Waals surface area contributed by atoms with Crippen molar-refractivity contribution in [2.75, 3.05) is 0 Å². The predicted molar refractivity (Wildman–Crippen MR) is 83.9 cm³/mol. The van der Waals surface area contributed by atoms with E-state index < -0.39 is 47.0 Å². The van der Waals surface area contributed by atoms with Gasteiger partial charge in [-0.3, -0.25) is 0 Å². The van der Waals surface area contributed by atoms with Gasteiger partial charge in [-0.2, -0.15) is 52.7 Å². The van der Waals surface area contributed by atoms with E-state index >= 15 is 0 Å². The summed E-state index contributed by atoms with van der Waals surface area (Å²) in [6.45, 7) is 0. The van der Waals surface area contributed by atoms with E-state index in [9.17, 15) is 62.9 Å². The van der Waals surface area contributed by atoms with Crippen LogP contribution in [0, 0.1) is 12.1 Å². The van der Waals surface area contributed by atoms with Crippen LogP contribution in [0.2, 0.25) is 0 Å². The number of alkyl halides is 12. The second-order valence-corrected chi connectivity index (χ2v) is 5.91. The maximum atomic E-state index is 12.2. The van der Waals surface area contributed by atoms with Crippen molar-refractivity contribution in [3.8, 4) is 0 Å². The van der Waals surface area contributed by atoms with Crippen molar-refractivity contribution in [2.24, 2.45) is 0 Å². The van der Waals surface area contributed by atoms with Crippen molar-refractivity contribution in [1.29, 1.82) is 0 Å². The largest absolute Gasteiger partial charge is 3.00 e. The van der Waals surface area contributed by atoms with Crippen LogP contribution in [0.15, 0.2) is 48.5 Å². The molecular weight excluding hydrogens is 617 g/mol. The Balaban J connectivity index is 0. The zero-order valence-corrected chi connectivity index (χ0v) is 18.3. The Labute approximate surface area is 200 Å². The number of rotatable bonds is 2. The Hall–Kier alpha value is -1.73. The number of benzene rings is 2. The summed E-state index contributed by atoms with van der Waals surface area (Å²) in [7, 11) is 0. The smallest absolute Gasteiger partial charge is 1.00 e. The van der Waals surface area contributed by atoms with Gasteiger partial charge in [0, 0.05) is 0 Å². The van der Waals surface area contributed by atoms with Gasteiger partial charge in [0.05, 0.1) is 0 Å². The minimum absolute atomic E-state index is 0. The molecule has 0 aliphatic rings. The molecule has 16 heteroatoms. The van der Waals surface area contributed by atoms with Crippen LogP contribution < -0.4 is 14.9 Å². The predicted octanol–water partition coefficient (Wildman–Crippen LogP) is 0.957. The molecule has 2 aromatic carbocycles. The topological polar surface area (TPSA) is 46.1 Å². The summed E-state index contributed by atoms with van der Waals surface area (Å²) in [5.41, 5.74) is -13.3. The second kappa shape index (κ2) is 11.3. The molecular formula is C18H8F13O2Sb. The maximum Gasteiger partial charge on any atom is 3.00 e. The van der Waals surface area contributed by atoms with Crippen LogP contribution in [-0.4, -0.2) is 49.1 Å². The van der Waals surface area contributed by atoms with Gasteiger partial charge in [-0.15, -0.1) is 0 Å². The van der Waals surface area contributed by atoms with Crippen LogP contribution in [-0.2, 0) is 11.2 Å². The van der Waals surface area contributed by atoms with Gasteiger partial charge in [0.2, 0.25) is 0 Å². The molecule has 2 rings (SSSR count). The quantitative estimate of drug-likeness (QED) is 0.369. The maximum absolute atomic E-state index is 12.2. The third-order valence-corrected chi connectivity index (χ3v) is 3.77. The van der Waals surface area contributed by atoms with E-state index in [1.165, 1.54) is 0 Å². The van der Waals surface area contributed by atoms with Crippen LogP contribution in [0.1, 0.15) is 11.1 Å². The Morgan fingerprint density at radius 3 is 0.882 bits per heavy atom. The zero-order valence-electron chi connectivity index (χ0n) is 15.8. The summed E-state index contributed by atoms with van der Waals surface area (Å²) in [4.78, 5) is 0. The van der Waals surface area contributed by atoms with E-state index in [-0.39, 0.29) is 29.1 Å². The monoisotopic (exact) mass is 624 g/mol. The Morgan fingerprint density at radius 2 is 0.735 bits per heavy atom. The second-order valence-electron chi connectivity index (χ2n) is 5.91. The van der Waals surface area contributed by atoms with E-state index in [0.717, 1.165) is 36.4 Å². The molecule has 0 fully saturated rings. The summed E-state index contributed by atoms with van der Waals surface area (Å²) in [6, 6.07) is 10.0. The fourth-order valence-corrected chi connectivity index (χ4v) is 2.16. The molecule has 4 radical (unpaired) electrons. The third kappa shape index (κ3) is 6.69. The van der Waals surface area contributed by atoms with E-state index in [2.05, 4.69) is 0 Å². The first-order valence-electron chi connectivity index (χ1n) is 7.83. The van der Waals surface area contributed by atoms with E-state index in [1.807, 2.05) is 0 Å². The number of hydrogen-bond acceptors (Lipinski definition) is 2. The van der Waals surface area contributed by atoms with Crippen LogP contribution in [0.5, 0.6) is 0 Å². The first-order chi connectivity index (χ1) is 14.2. The van der Waals surface area contributed by atoms with Gasteiger partial charge in [-0.05, 0) is 23.3 Å². The first kappa shape index (κ1) is 34.4. The van der Waals surface area contributed by atoms with Crippen molar-refractivity contribution in [3.05, 3.63) is 71.8 Å². The van der Waals surface area contributed by atoms with Crippen molar-refractivity contribution in [2.45, 2.75) is 35.9 Å². The summed E-state index contributed by atoms with van der Waals surface area (Å²) in [6.07, 6.45) is -23.9. The van der Waals surface area contributed by atoms with Crippen molar-refractivity contribution < 1.29 is 67.6 Å². The minimum atomic E-state index is -5.97. The van der Waals surface area contributed by atoms with Gasteiger partial charge < -0.3 is 14.9 Å². The van der Waals surface area contributed by atoms with Gasteiger partial charge in [0.15, 0.2) is 0 Å². The van der Waals surface area contributed by atoms with Crippen molar-refractivity contribution in [3.63, 3.8) is 0 Å². The molecule has 0 N–H and O–H groups in total. The van der Waals surface area contributed by atoms with E-state index in [1.54, 1.807) is 12.1 Å². The normalized spacial score (nSPS) is 13.1. The first-order valence-corrected chi connectivity index (χ1v) is 7.83. The van der Waals surface area contributed by atoms with Crippen LogP contribution in [0.4, 0.5) is 52.7 Å². The molecule has 0 aliphatic heterocycles. The molecule has 34 heavy (non-hydrogen) atoms. The fourth-order valence-electron chi connectivity index (χ4n) is 2.16. The van der Waals surface area contributed by atoms with Gasteiger partial charge in [0.25, 0.3) is 0 Å². The fraction of sp³-hybridized carbons (Fsp3) is 0.333. The molecule has 0 aliphatic carbocycles. The van der Waals surface area contributed by atoms with Gasteiger partial charge in [-0.25, -0.2) is 0 Å². The Morgan fingerprint density at radius 1 is 0.500 bits per heavy atom. The van der Waals surface area contributed by atoms with E-state index in [4.69, 9.17) is 0 Å². The van der Waals surface area contributed by atoms with Gasteiger partial charge in [0.1, 0.15) is 11.2 Å². The number of halogens is 13. The average Bonchev–Trinajstić information content (AvgIpc) is 2.65. The summed E-state index contributed by atoms with van der Waals surface area (Å²) >= 11 is 0. The molecule has 0 atom stereocenters. The molecule has 0 spiro atoms. The summed E-state index contributed by atoms with van der Waals surface area (Å²) in [5.74, 6) is 0.